The number of halogens is 6. The molecule has 0 saturated heterocycles. The van der Waals surface area contributed by atoms with Gasteiger partial charge in [-0.3, -0.25) is 4.79 Å². The number of anilines is 1. The van der Waals surface area contributed by atoms with Crippen molar-refractivity contribution in [3.63, 3.8) is 0 Å². The minimum Gasteiger partial charge on any atom is -0.495 e. The zero-order chi connectivity index (χ0) is 27.2. The predicted molar refractivity (Wildman–Crippen MR) is 107 cm³/mol. The number of carbonyl (C=O) groups is 3. The molecule has 0 saturated carbocycles. The highest BCUT2D eigenvalue weighted by Gasteiger charge is 2.64. The number of ether oxygens (including phenoxy) is 3. The number of methoxy groups -OCH3 is 1. The lowest BCUT2D eigenvalue weighted by molar-refractivity contribution is -0.267. The molecule has 0 spiro atoms. The van der Waals surface area contributed by atoms with E-state index in [9.17, 15) is 45.8 Å². The minimum atomic E-state index is -5.59. The highest BCUT2D eigenvalue weighted by atomic mass is 19.4. The highest BCUT2D eigenvalue weighted by Crippen LogP contribution is 2.43. The maximum absolute atomic E-state index is 14.1. The van der Waals surface area contributed by atoms with Gasteiger partial charge < -0.3 is 30.0 Å². The summed E-state index contributed by atoms with van der Waals surface area (Å²) < 4.78 is 96.9. The largest absolute Gasteiger partial charge is 0.495 e. The second kappa shape index (κ2) is 11.0. The molecule has 0 heterocycles. The molecule has 0 aromatic heterocycles. The van der Waals surface area contributed by atoms with Gasteiger partial charge in [-0.1, -0.05) is 13.0 Å². The SMILES string of the molecule is CCOC(=O)[C@](NC(=O)CC)(Nc1ccc([C@@](O)(C(=O)OCC)C(F)(F)F)cc1OC)C(F)(F)F. The zero-order valence-electron chi connectivity index (χ0n) is 19.0. The zero-order valence-corrected chi connectivity index (χ0v) is 19.0. The summed E-state index contributed by atoms with van der Waals surface area (Å²) in [6, 6.07) is 1.49. The van der Waals surface area contributed by atoms with E-state index < -0.39 is 78.1 Å². The van der Waals surface area contributed by atoms with E-state index in [0.717, 1.165) is 7.11 Å². The Labute approximate surface area is 195 Å². The summed E-state index contributed by atoms with van der Waals surface area (Å²) in [6.45, 7) is 2.60. The van der Waals surface area contributed by atoms with E-state index in [1.54, 1.807) is 5.32 Å². The number of esters is 2. The van der Waals surface area contributed by atoms with E-state index in [0.29, 0.717) is 18.2 Å². The molecule has 1 rings (SSSR count). The molecule has 35 heavy (non-hydrogen) atoms. The van der Waals surface area contributed by atoms with Gasteiger partial charge in [-0.2, -0.15) is 26.3 Å². The van der Waals surface area contributed by atoms with Crippen LogP contribution in [0, 0.1) is 0 Å². The number of hydrogen-bond donors (Lipinski definition) is 3. The van der Waals surface area contributed by atoms with Crippen LogP contribution in [0.1, 0.15) is 32.8 Å². The second-order valence-corrected chi connectivity index (χ2v) is 6.84. The molecule has 0 fully saturated rings. The average Bonchev–Trinajstić information content (AvgIpc) is 2.76. The molecule has 1 amide bonds. The molecule has 15 heteroatoms. The van der Waals surface area contributed by atoms with Crippen LogP contribution in [0.3, 0.4) is 0 Å². The Morgan fingerprint density at radius 2 is 1.46 bits per heavy atom. The molecule has 0 aliphatic rings. The van der Waals surface area contributed by atoms with E-state index in [2.05, 4.69) is 9.47 Å². The molecule has 9 nitrogen and oxygen atoms in total. The van der Waals surface area contributed by atoms with Gasteiger partial charge in [0.2, 0.25) is 5.91 Å². The molecule has 0 aliphatic heterocycles. The Morgan fingerprint density at radius 3 is 1.89 bits per heavy atom. The number of nitrogens with one attached hydrogen (secondary N) is 2. The Kier molecular flexibility index (Phi) is 9.37. The molecule has 0 radical (unpaired) electrons. The molecule has 1 aromatic rings. The van der Waals surface area contributed by atoms with Crippen LogP contribution < -0.4 is 15.4 Å². The number of rotatable bonds is 10. The van der Waals surface area contributed by atoms with Crippen LogP contribution in [0.5, 0.6) is 5.75 Å². The fourth-order valence-corrected chi connectivity index (χ4v) is 2.78. The summed E-state index contributed by atoms with van der Waals surface area (Å²) in [4.78, 5) is 36.2. The number of hydrogen-bond acceptors (Lipinski definition) is 8. The number of benzene rings is 1. The summed E-state index contributed by atoms with van der Waals surface area (Å²) in [5.74, 6) is -6.01. The van der Waals surface area contributed by atoms with Crippen molar-refractivity contribution in [3.05, 3.63) is 23.8 Å². The Morgan fingerprint density at radius 1 is 0.914 bits per heavy atom. The average molecular weight is 518 g/mol. The molecular weight excluding hydrogens is 494 g/mol. The summed E-state index contributed by atoms with van der Waals surface area (Å²) in [5.41, 5.74) is -9.91. The van der Waals surface area contributed by atoms with Gasteiger partial charge in [-0.25, -0.2) is 9.59 Å². The lowest BCUT2D eigenvalue weighted by Gasteiger charge is -2.36. The molecule has 3 N–H and O–H groups in total. The fourth-order valence-electron chi connectivity index (χ4n) is 2.78. The lowest BCUT2D eigenvalue weighted by Crippen LogP contribution is -2.69. The topological polar surface area (TPSA) is 123 Å². The van der Waals surface area contributed by atoms with Crippen LogP contribution in [-0.4, -0.2) is 61.3 Å². The Bertz CT molecular complexity index is 938. The van der Waals surface area contributed by atoms with Crippen molar-refractivity contribution in [2.45, 2.75) is 50.8 Å². The highest BCUT2D eigenvalue weighted by molar-refractivity contribution is 5.92. The van der Waals surface area contributed by atoms with E-state index in [4.69, 9.17) is 4.74 Å². The van der Waals surface area contributed by atoms with Crippen LogP contribution in [0.25, 0.3) is 0 Å². The number of alkyl halides is 6. The van der Waals surface area contributed by atoms with Crippen LogP contribution in [-0.2, 0) is 29.5 Å². The van der Waals surface area contributed by atoms with Gasteiger partial charge in [0.15, 0.2) is 0 Å². The molecule has 0 bridgehead atoms. The third-order valence-electron chi connectivity index (χ3n) is 4.58. The predicted octanol–water partition coefficient (Wildman–Crippen LogP) is 2.77. The van der Waals surface area contributed by atoms with Gasteiger partial charge in [-0.05, 0) is 26.0 Å². The van der Waals surface area contributed by atoms with E-state index >= 15 is 0 Å². The summed E-state index contributed by atoms with van der Waals surface area (Å²) in [6.07, 6.45) is -11.6. The maximum Gasteiger partial charge on any atom is 0.441 e. The van der Waals surface area contributed by atoms with Crippen molar-refractivity contribution in [1.82, 2.24) is 5.32 Å². The van der Waals surface area contributed by atoms with Gasteiger partial charge in [0.05, 0.1) is 26.0 Å². The molecule has 0 unspecified atom stereocenters. The van der Waals surface area contributed by atoms with Crippen LogP contribution >= 0.6 is 0 Å². The van der Waals surface area contributed by atoms with Crippen molar-refractivity contribution in [2.75, 3.05) is 25.6 Å². The molecular formula is C20H24F6N2O7. The van der Waals surface area contributed by atoms with Gasteiger partial charge >= 0.3 is 30.0 Å². The first-order chi connectivity index (χ1) is 16.0. The van der Waals surface area contributed by atoms with E-state index in [1.165, 1.54) is 26.1 Å². The van der Waals surface area contributed by atoms with Crippen LogP contribution in [0.2, 0.25) is 0 Å². The lowest BCUT2D eigenvalue weighted by atomic mass is 9.92. The smallest absolute Gasteiger partial charge is 0.441 e. The van der Waals surface area contributed by atoms with Crippen molar-refractivity contribution in [2.24, 2.45) is 0 Å². The second-order valence-electron chi connectivity index (χ2n) is 6.84. The van der Waals surface area contributed by atoms with Crippen molar-refractivity contribution < 1.29 is 60.0 Å². The minimum absolute atomic E-state index is 0.431. The first kappa shape index (κ1) is 29.8. The Balaban J connectivity index is 3.75. The van der Waals surface area contributed by atoms with E-state index in [1.807, 2.05) is 0 Å². The fraction of sp³-hybridized carbons (Fsp3) is 0.550. The summed E-state index contributed by atoms with van der Waals surface area (Å²) >= 11 is 0. The Hall–Kier alpha value is -3.23. The normalized spacial score (nSPS) is 15.3. The summed E-state index contributed by atoms with van der Waals surface area (Å²) in [7, 11) is 0.867. The van der Waals surface area contributed by atoms with Gasteiger partial charge in [0, 0.05) is 12.0 Å². The quantitative estimate of drug-likeness (QED) is 0.246. The number of aliphatic hydroxyl groups is 1. The van der Waals surface area contributed by atoms with E-state index in [-0.39, 0.29) is 0 Å². The van der Waals surface area contributed by atoms with Gasteiger partial charge in [0.1, 0.15) is 5.75 Å². The van der Waals surface area contributed by atoms with Crippen LogP contribution in [0.4, 0.5) is 32.0 Å². The molecule has 198 valence electrons. The van der Waals surface area contributed by atoms with Crippen molar-refractivity contribution in [1.29, 1.82) is 0 Å². The summed E-state index contributed by atoms with van der Waals surface area (Å²) in [5, 5.41) is 13.5. The third-order valence-corrected chi connectivity index (χ3v) is 4.58. The number of amides is 1. The standard InChI is InChI=1S/C20H24F6N2O7/c1-5-14(29)28-18(20(24,25)26,16(31)35-7-3)27-12-9-8-11(10-13(12)33-4)17(32,19(21,22)23)15(30)34-6-2/h8-10,27,32H,5-7H2,1-4H3,(H,28,29)/t17-,18-/m1/s1. The molecule has 1 aromatic carbocycles. The van der Waals surface area contributed by atoms with Crippen LogP contribution in [0.15, 0.2) is 18.2 Å². The number of carbonyl (C=O) groups excluding carboxylic acids is 3. The first-order valence-corrected chi connectivity index (χ1v) is 10.0. The monoisotopic (exact) mass is 518 g/mol. The molecule has 2 atom stereocenters. The maximum atomic E-state index is 14.1. The first-order valence-electron chi connectivity index (χ1n) is 10.0. The van der Waals surface area contributed by atoms with Gasteiger partial charge in [-0.15, -0.1) is 0 Å². The molecule has 0 aliphatic carbocycles. The van der Waals surface area contributed by atoms with Crippen molar-refractivity contribution in [3.8, 4) is 5.75 Å². The van der Waals surface area contributed by atoms with Crippen molar-refractivity contribution >= 4 is 23.5 Å². The van der Waals surface area contributed by atoms with Gasteiger partial charge in [0.25, 0.3) is 5.60 Å². The third kappa shape index (κ3) is 5.89.